The third kappa shape index (κ3) is 1.28. The van der Waals surface area contributed by atoms with Gasteiger partial charge in [0, 0.05) is 7.05 Å². The van der Waals surface area contributed by atoms with E-state index in [9.17, 15) is 4.79 Å². The molecule has 0 aromatic carbocycles. The van der Waals surface area contributed by atoms with Gasteiger partial charge >= 0.3 is 0 Å². The molecule has 2 aromatic heterocycles. The zero-order chi connectivity index (χ0) is 10.3. The molecule has 0 amide bonds. The number of rotatable bonds is 0. The second kappa shape index (κ2) is 3.06. The summed E-state index contributed by atoms with van der Waals surface area (Å²) in [6, 6.07) is 1.53. The van der Waals surface area contributed by atoms with Crippen molar-refractivity contribution in [3.63, 3.8) is 0 Å². The van der Waals surface area contributed by atoms with Crippen molar-refractivity contribution < 1.29 is 0 Å². The second-order valence-electron chi connectivity index (χ2n) is 3.05. The van der Waals surface area contributed by atoms with Gasteiger partial charge in [0.25, 0.3) is 5.56 Å². The summed E-state index contributed by atoms with van der Waals surface area (Å²) in [7, 11) is 1.83. The van der Waals surface area contributed by atoms with Gasteiger partial charge in [0.15, 0.2) is 0 Å². The van der Waals surface area contributed by atoms with Crippen molar-refractivity contribution >= 4 is 22.5 Å². The molecule has 0 aliphatic rings. The first-order valence-corrected chi connectivity index (χ1v) is 4.46. The van der Waals surface area contributed by atoms with Gasteiger partial charge in [-0.3, -0.25) is 4.79 Å². The molecule has 2 aromatic rings. The topological polar surface area (TPSA) is 47.8 Å². The van der Waals surface area contributed by atoms with E-state index in [1.54, 1.807) is 17.7 Å². The van der Waals surface area contributed by atoms with Crippen LogP contribution in [0.5, 0.6) is 0 Å². The molecule has 0 saturated heterocycles. The Labute approximate surface area is 85.2 Å². The first-order chi connectivity index (χ1) is 6.59. The van der Waals surface area contributed by atoms with Crippen LogP contribution in [0.3, 0.4) is 0 Å². The Bertz CT molecular complexity index is 562. The molecule has 0 bridgehead atoms. The van der Waals surface area contributed by atoms with Gasteiger partial charge in [-0.2, -0.15) is 4.98 Å². The second-order valence-corrected chi connectivity index (χ2v) is 3.43. The molecule has 0 unspecified atom stereocenters. The fourth-order valence-electron chi connectivity index (χ4n) is 1.32. The van der Waals surface area contributed by atoms with Crippen molar-refractivity contribution in [2.24, 2.45) is 7.05 Å². The molecule has 0 aliphatic heterocycles. The lowest BCUT2D eigenvalue weighted by atomic mass is 10.3. The van der Waals surface area contributed by atoms with E-state index in [1.807, 2.05) is 7.05 Å². The molecule has 0 atom stereocenters. The van der Waals surface area contributed by atoms with E-state index >= 15 is 0 Å². The van der Waals surface area contributed by atoms with Crippen LogP contribution in [0.2, 0.25) is 5.15 Å². The molecule has 0 saturated carbocycles. The van der Waals surface area contributed by atoms with Gasteiger partial charge in [-0.1, -0.05) is 11.6 Å². The maximum Gasteiger partial charge on any atom is 0.280 e. The first kappa shape index (κ1) is 9.15. The molecule has 0 spiro atoms. The van der Waals surface area contributed by atoms with Gasteiger partial charge in [0.2, 0.25) is 0 Å². The summed E-state index contributed by atoms with van der Waals surface area (Å²) in [5, 5.41) is 0.804. The van der Waals surface area contributed by atoms with Gasteiger partial charge in [0.05, 0.1) is 17.1 Å². The predicted octanol–water partition coefficient (Wildman–Crippen LogP) is 1.29. The predicted molar refractivity (Wildman–Crippen MR) is 54.5 cm³/mol. The van der Waals surface area contributed by atoms with Gasteiger partial charge < -0.3 is 4.57 Å². The fraction of sp³-hybridized carbons (Fsp3) is 0.222. The van der Waals surface area contributed by atoms with Crippen molar-refractivity contribution in [1.82, 2.24) is 14.5 Å². The molecular formula is C9H8ClN3O. The van der Waals surface area contributed by atoms with Crippen LogP contribution < -0.4 is 5.56 Å². The standard InChI is InChI=1S/C9H8ClN3O/c1-5-12-9(14)6-3-8(10)11-4-7(6)13(5)2/h3-4H,1-2H3. The summed E-state index contributed by atoms with van der Waals surface area (Å²) >= 11 is 5.70. The lowest BCUT2D eigenvalue weighted by Gasteiger charge is -2.06. The number of aryl methyl sites for hydroxylation is 2. The minimum atomic E-state index is -0.264. The van der Waals surface area contributed by atoms with Crippen LogP contribution in [0.15, 0.2) is 17.1 Å². The summed E-state index contributed by atoms with van der Waals surface area (Å²) in [4.78, 5) is 19.3. The molecule has 0 aliphatic carbocycles. The Morgan fingerprint density at radius 3 is 2.93 bits per heavy atom. The SMILES string of the molecule is Cc1nc(=O)c2cc(Cl)ncc2n1C. The lowest BCUT2D eigenvalue weighted by Crippen LogP contribution is -2.14. The van der Waals surface area contributed by atoms with Crippen LogP contribution >= 0.6 is 11.6 Å². The monoisotopic (exact) mass is 209 g/mol. The van der Waals surface area contributed by atoms with Crippen LogP contribution in [0, 0.1) is 6.92 Å². The molecule has 72 valence electrons. The summed E-state index contributed by atoms with van der Waals surface area (Å²) < 4.78 is 1.81. The summed E-state index contributed by atoms with van der Waals surface area (Å²) in [5.41, 5.74) is 0.479. The van der Waals surface area contributed by atoms with E-state index in [0.717, 1.165) is 5.52 Å². The molecule has 14 heavy (non-hydrogen) atoms. The average molecular weight is 210 g/mol. The van der Waals surface area contributed by atoms with E-state index in [1.165, 1.54) is 6.07 Å². The molecule has 5 heteroatoms. The first-order valence-electron chi connectivity index (χ1n) is 4.08. The molecule has 0 N–H and O–H groups in total. The van der Waals surface area contributed by atoms with Crippen molar-refractivity contribution in [2.75, 3.05) is 0 Å². The highest BCUT2D eigenvalue weighted by molar-refractivity contribution is 6.30. The largest absolute Gasteiger partial charge is 0.331 e. The summed E-state index contributed by atoms with van der Waals surface area (Å²) in [5.74, 6) is 0.659. The quantitative estimate of drug-likeness (QED) is 0.615. The Hall–Kier alpha value is -1.42. The molecule has 0 fully saturated rings. The fourth-order valence-corrected chi connectivity index (χ4v) is 1.48. The number of pyridine rings is 1. The van der Waals surface area contributed by atoms with Crippen LogP contribution in [-0.4, -0.2) is 14.5 Å². The highest BCUT2D eigenvalue weighted by Crippen LogP contribution is 2.12. The molecule has 4 nitrogen and oxygen atoms in total. The van der Waals surface area contributed by atoms with E-state index in [2.05, 4.69) is 9.97 Å². The third-order valence-electron chi connectivity index (χ3n) is 2.19. The van der Waals surface area contributed by atoms with Gasteiger partial charge in [-0.15, -0.1) is 0 Å². The van der Waals surface area contributed by atoms with E-state index in [4.69, 9.17) is 11.6 Å². The smallest absolute Gasteiger partial charge is 0.280 e. The van der Waals surface area contributed by atoms with Gasteiger partial charge in [0.1, 0.15) is 11.0 Å². The van der Waals surface area contributed by atoms with Crippen molar-refractivity contribution in [3.05, 3.63) is 33.6 Å². The molecule has 2 rings (SSSR count). The molecular weight excluding hydrogens is 202 g/mol. The number of halogens is 1. The van der Waals surface area contributed by atoms with Gasteiger partial charge in [-0.05, 0) is 13.0 Å². The van der Waals surface area contributed by atoms with Crippen molar-refractivity contribution in [1.29, 1.82) is 0 Å². The van der Waals surface area contributed by atoms with E-state index in [0.29, 0.717) is 16.4 Å². The Morgan fingerprint density at radius 1 is 1.50 bits per heavy atom. The van der Waals surface area contributed by atoms with Crippen molar-refractivity contribution in [3.8, 4) is 0 Å². The molecule has 2 heterocycles. The average Bonchev–Trinajstić information content (AvgIpc) is 2.14. The molecule has 0 radical (unpaired) electrons. The zero-order valence-corrected chi connectivity index (χ0v) is 8.54. The normalized spacial score (nSPS) is 10.8. The van der Waals surface area contributed by atoms with E-state index in [-0.39, 0.29) is 5.56 Å². The Balaban J connectivity index is 3.02. The summed E-state index contributed by atoms with van der Waals surface area (Å²) in [6.45, 7) is 1.77. The van der Waals surface area contributed by atoms with Crippen LogP contribution in [0.25, 0.3) is 10.9 Å². The summed E-state index contributed by atoms with van der Waals surface area (Å²) in [6.07, 6.45) is 1.58. The highest BCUT2D eigenvalue weighted by atomic mass is 35.5. The minimum Gasteiger partial charge on any atom is -0.331 e. The third-order valence-corrected chi connectivity index (χ3v) is 2.40. The number of nitrogens with zero attached hydrogens (tertiary/aromatic N) is 3. The highest BCUT2D eigenvalue weighted by Gasteiger charge is 2.05. The number of hydrogen-bond acceptors (Lipinski definition) is 3. The maximum absolute atomic E-state index is 11.5. The Kier molecular flexibility index (Phi) is 2.00. The van der Waals surface area contributed by atoms with E-state index < -0.39 is 0 Å². The van der Waals surface area contributed by atoms with Gasteiger partial charge in [-0.25, -0.2) is 4.98 Å². The van der Waals surface area contributed by atoms with Crippen LogP contribution in [0.1, 0.15) is 5.82 Å². The van der Waals surface area contributed by atoms with Crippen LogP contribution in [0.4, 0.5) is 0 Å². The van der Waals surface area contributed by atoms with Crippen LogP contribution in [-0.2, 0) is 7.05 Å². The zero-order valence-electron chi connectivity index (χ0n) is 7.78. The maximum atomic E-state index is 11.5. The minimum absolute atomic E-state index is 0.264. The van der Waals surface area contributed by atoms with Crippen molar-refractivity contribution in [2.45, 2.75) is 6.92 Å². The number of aromatic nitrogens is 3. The number of hydrogen-bond donors (Lipinski definition) is 0. The Morgan fingerprint density at radius 2 is 2.21 bits per heavy atom. The number of fused-ring (bicyclic) bond motifs is 1. The lowest BCUT2D eigenvalue weighted by molar-refractivity contribution is 0.837.